The molecule has 7 aromatic carbocycles. The van der Waals surface area contributed by atoms with Gasteiger partial charge in [-0.1, -0.05) is 53.0 Å². The molecule has 7 aromatic rings. The lowest BCUT2D eigenvalue weighted by atomic mass is 9.89. The molecule has 8 atom stereocenters. The second-order valence-electron chi connectivity index (χ2n) is 21.1. The zero-order valence-corrected chi connectivity index (χ0v) is 50.8. The van der Waals surface area contributed by atoms with Gasteiger partial charge >= 0.3 is 16.4 Å². The van der Waals surface area contributed by atoms with Crippen LogP contribution in [0.3, 0.4) is 0 Å². The van der Waals surface area contributed by atoms with Crippen molar-refractivity contribution in [2.24, 2.45) is 0 Å². The maximum atomic E-state index is 15.9. The first kappa shape index (κ1) is 65.7. The first-order valence-corrected chi connectivity index (χ1v) is 29.6. The molecule has 0 aromatic heterocycles. The number of amides is 6. The normalized spacial score (nSPS) is 21.2. The maximum absolute atomic E-state index is 15.9. The predicted octanol–water partition coefficient (Wildman–Crippen LogP) is 5.30. The van der Waals surface area contributed by atoms with Crippen LogP contribution < -0.4 is 60.3 Å². The smallest absolute Gasteiger partial charge is 0.446 e. The van der Waals surface area contributed by atoms with Gasteiger partial charge in [-0.2, -0.15) is 8.42 Å². The Hall–Kier alpha value is -10.2. The number of carbonyl (C=O) groups excluding carboxylic acids is 6. The standard InChI is InChI=1S/C60H48Cl3N7O21S.B/c1-64-45-23-4-8-40(91-92(84,85)86)41(16-23)88-30-12-25(11-28(71)19-30)46-56(78)68-48-27-17-42(89-38-6-3-22(9-33(38)61)10-36(54(76)66-46)65-55(45)77)53(87-2)43(18-27)90-39-7-5-24(14-34(39)62)51(74)50-59(81)69-49(60(82)83)31-20-29(72)21-37(73)44(31)32-13-26(15-35(63)52(32)75)47(58(80)70-50)67-57(48)79;/h3-9,11-21,36,45-51,64,71-75H,10H2,1-2H3,(H,65,77)(H,66,76)(H,67,79)(H,68,78)(H,69,81)(H,70,80)(H,82,83)(H,84,85,86);/t36-,45-,46+,47?,48-,49+,50-,51-;/m1./s1. The van der Waals surface area contributed by atoms with Gasteiger partial charge in [0.15, 0.2) is 29.0 Å². The molecule has 6 amide bonds. The fourth-order valence-electron chi connectivity index (χ4n) is 10.9. The number of hydrogen-bond donors (Lipinski definition) is 14. The molecule has 0 fully saturated rings. The third-order valence-corrected chi connectivity index (χ3v) is 16.4. The maximum Gasteiger partial charge on any atom is 0.446 e. The van der Waals surface area contributed by atoms with Gasteiger partial charge in [0.25, 0.3) is 0 Å². The summed E-state index contributed by atoms with van der Waals surface area (Å²) < 4.78 is 63.6. The molecule has 6 aliphatic rings. The highest BCUT2D eigenvalue weighted by Gasteiger charge is 2.42. The fourth-order valence-corrected chi connectivity index (χ4v) is 12.0. The van der Waals surface area contributed by atoms with E-state index in [1.165, 1.54) is 62.7 Å². The summed E-state index contributed by atoms with van der Waals surface area (Å²) in [5, 5.41) is 84.9. The number of benzene rings is 7. The van der Waals surface area contributed by atoms with Crippen molar-refractivity contribution in [3.63, 3.8) is 0 Å². The minimum atomic E-state index is -5.25. The van der Waals surface area contributed by atoms with Crippen LogP contribution in [0, 0.1) is 0 Å². The Kier molecular flexibility index (Phi) is 18.3. The van der Waals surface area contributed by atoms with Crippen molar-refractivity contribution in [1.29, 1.82) is 0 Å². The molecule has 28 nitrogen and oxygen atoms in total. The Morgan fingerprint density at radius 3 is 1.77 bits per heavy atom. The van der Waals surface area contributed by atoms with Crippen LogP contribution in [-0.2, 0) is 50.4 Å². The van der Waals surface area contributed by atoms with Gasteiger partial charge in [-0.05, 0) is 119 Å². The number of ether oxygens (including phenoxy) is 4. The molecule has 6 heterocycles. The molecule has 6 aliphatic heterocycles. The zero-order valence-electron chi connectivity index (χ0n) is 47.7. The number of methoxy groups -OCH3 is 1. The number of hydrogen-bond acceptors (Lipinski definition) is 20. The first-order valence-electron chi connectivity index (χ1n) is 27.1. The molecule has 33 heteroatoms. The number of aliphatic carboxylic acids is 1. The Morgan fingerprint density at radius 2 is 1.16 bits per heavy atom. The minimum absolute atomic E-state index is 0. The lowest BCUT2D eigenvalue weighted by Crippen LogP contribution is -2.55. The van der Waals surface area contributed by atoms with Crippen LogP contribution in [0.5, 0.6) is 69.0 Å². The monoisotopic (exact) mass is 1350 g/mol. The molecule has 14 N–H and O–H groups in total. The SMILES string of the molecule is CN[C@H]1C(=O)N[C@@H]2Cc3ccc(c(Cl)c3)Oc3cc4cc(c3OC)Oc3ccc(cc3Cl)[C@@H](O)[C@H]3NC(=O)C(NC(=O)[C@@H]4NC(=O)[C@@H](NC2=O)c2cc(O)cc(c2)Oc2cc1ccc2OS(=O)(=O)O)c1cc(Cl)c(O)c(c1)-c1c(O)cc(O)cc1[C@@H](C(=O)O)NC3=O.[B]. The van der Waals surface area contributed by atoms with Gasteiger partial charge in [0, 0.05) is 43.7 Å². The van der Waals surface area contributed by atoms with E-state index < -0.39 is 168 Å². The third-order valence-electron chi connectivity index (χ3n) is 15.1. The average molecular weight is 1350 g/mol. The van der Waals surface area contributed by atoms with E-state index in [-0.39, 0.29) is 75.9 Å². The molecule has 1 unspecified atom stereocenters. The topological polar surface area (TPSA) is 426 Å². The highest BCUT2D eigenvalue weighted by atomic mass is 35.5. The number of nitrogens with one attached hydrogen (secondary N) is 7. The molecule has 479 valence electrons. The number of phenols is 4. The molecule has 0 saturated heterocycles. The van der Waals surface area contributed by atoms with Crippen LogP contribution in [0.25, 0.3) is 11.1 Å². The summed E-state index contributed by atoms with van der Waals surface area (Å²) in [5.41, 5.74) is -2.55. The number of likely N-dealkylation sites (N-methyl/N-ethyl adjacent to an activating group) is 1. The molecule has 17 bridgehead atoms. The number of carboxylic acids is 1. The number of carboxylic acid groups (broad SMARTS) is 1. The van der Waals surface area contributed by atoms with Gasteiger partial charge in [-0.25, -0.2) is 4.79 Å². The van der Waals surface area contributed by atoms with E-state index in [0.29, 0.717) is 5.56 Å². The minimum Gasteiger partial charge on any atom is -0.508 e. The second kappa shape index (κ2) is 25.8. The fraction of sp³-hybridized carbons (Fsp3) is 0.183. The summed E-state index contributed by atoms with van der Waals surface area (Å²) in [6, 6.07) is 6.34. The lowest BCUT2D eigenvalue weighted by molar-refractivity contribution is -0.143. The predicted molar refractivity (Wildman–Crippen MR) is 326 cm³/mol. The number of aliphatic hydroxyl groups is 1. The van der Waals surface area contributed by atoms with E-state index in [2.05, 4.69) is 37.2 Å². The van der Waals surface area contributed by atoms with Crippen molar-refractivity contribution < 1.29 is 100 Å². The summed E-state index contributed by atoms with van der Waals surface area (Å²) in [5.74, 6) is -15.1. The molecule has 0 saturated carbocycles. The van der Waals surface area contributed by atoms with Crippen molar-refractivity contribution in [3.8, 4) is 80.1 Å². The number of aromatic hydroxyl groups is 4. The molecule has 0 spiro atoms. The van der Waals surface area contributed by atoms with Crippen LogP contribution in [0.2, 0.25) is 15.1 Å². The van der Waals surface area contributed by atoms with Crippen molar-refractivity contribution in [3.05, 3.63) is 163 Å². The largest absolute Gasteiger partial charge is 0.508 e. The highest BCUT2D eigenvalue weighted by molar-refractivity contribution is 7.81. The van der Waals surface area contributed by atoms with Crippen LogP contribution in [0.4, 0.5) is 0 Å². The van der Waals surface area contributed by atoms with E-state index in [9.17, 15) is 58.0 Å². The van der Waals surface area contributed by atoms with Crippen LogP contribution in [0.15, 0.2) is 109 Å². The Bertz CT molecular complexity index is 4430. The third kappa shape index (κ3) is 13.3. The molecule has 13 rings (SSSR count). The molecule has 93 heavy (non-hydrogen) atoms. The van der Waals surface area contributed by atoms with E-state index in [4.69, 9.17) is 57.9 Å². The van der Waals surface area contributed by atoms with Gasteiger partial charge in [0.1, 0.15) is 82.6 Å². The molecule has 0 aliphatic carbocycles. The Labute approximate surface area is 542 Å². The number of phenolic OH excluding ortho intramolecular Hbond substituents is 4. The molecular weight excluding hydrogens is 1300 g/mol. The van der Waals surface area contributed by atoms with E-state index in [0.717, 1.165) is 60.7 Å². The van der Waals surface area contributed by atoms with Crippen LogP contribution in [0.1, 0.15) is 75.3 Å². The van der Waals surface area contributed by atoms with E-state index in [1.807, 2.05) is 0 Å². The molecular formula is C60H48BCl3N7O21S. The van der Waals surface area contributed by atoms with Gasteiger partial charge in [0.2, 0.25) is 41.2 Å². The van der Waals surface area contributed by atoms with Crippen molar-refractivity contribution in [2.75, 3.05) is 14.2 Å². The Balaban J connectivity index is 0.00000946. The summed E-state index contributed by atoms with van der Waals surface area (Å²) in [7, 11) is -2.66. The summed E-state index contributed by atoms with van der Waals surface area (Å²) >= 11 is 20.6. The number of fused-ring (bicyclic) bond motifs is 14. The number of aliphatic hydroxyl groups excluding tert-OH is 1. The molecule has 3 radical (unpaired) electrons. The quantitative estimate of drug-likeness (QED) is 0.0768. The van der Waals surface area contributed by atoms with Crippen molar-refractivity contribution in [1.82, 2.24) is 37.2 Å². The number of halogens is 3. The number of carbonyl (C=O) groups is 7. The van der Waals surface area contributed by atoms with Gasteiger partial charge in [-0.15, -0.1) is 0 Å². The highest BCUT2D eigenvalue weighted by Crippen LogP contribution is 2.49. The van der Waals surface area contributed by atoms with E-state index in [1.54, 1.807) is 0 Å². The number of rotatable bonds is 5. The zero-order chi connectivity index (χ0) is 65.9. The van der Waals surface area contributed by atoms with Gasteiger partial charge in [0.05, 0.1) is 22.2 Å². The van der Waals surface area contributed by atoms with Gasteiger partial charge in [-0.3, -0.25) is 33.3 Å². The summed E-state index contributed by atoms with van der Waals surface area (Å²) in [6.07, 6.45) is -2.53. The van der Waals surface area contributed by atoms with Crippen LogP contribution >= 0.6 is 34.8 Å². The summed E-state index contributed by atoms with van der Waals surface area (Å²) in [6.45, 7) is 0. The van der Waals surface area contributed by atoms with Crippen molar-refractivity contribution in [2.45, 2.75) is 54.8 Å². The first-order chi connectivity index (χ1) is 43.6. The van der Waals surface area contributed by atoms with E-state index >= 15 is 19.2 Å². The van der Waals surface area contributed by atoms with Crippen LogP contribution in [-0.4, -0.2) is 120 Å². The van der Waals surface area contributed by atoms with Crippen molar-refractivity contribution >= 4 is 95.0 Å². The lowest BCUT2D eigenvalue weighted by Gasteiger charge is -2.31. The summed E-state index contributed by atoms with van der Waals surface area (Å²) in [4.78, 5) is 104. The van der Waals surface area contributed by atoms with Gasteiger partial charge < -0.3 is 91.0 Å². The average Bonchev–Trinajstić information content (AvgIpc) is 0.777. The Morgan fingerprint density at radius 1 is 0.591 bits per heavy atom. The second-order valence-corrected chi connectivity index (χ2v) is 23.4.